The number of amides is 3. The Morgan fingerprint density at radius 1 is 1.35 bits per heavy atom. The van der Waals surface area contributed by atoms with Crippen molar-refractivity contribution in [1.82, 2.24) is 20.1 Å². The van der Waals surface area contributed by atoms with Crippen molar-refractivity contribution in [3.8, 4) is 0 Å². The van der Waals surface area contributed by atoms with E-state index in [-0.39, 0.29) is 40.6 Å². The second kappa shape index (κ2) is 11.4. The van der Waals surface area contributed by atoms with Crippen molar-refractivity contribution in [3.05, 3.63) is 58.3 Å². The van der Waals surface area contributed by atoms with E-state index in [9.17, 15) is 29.5 Å². The van der Waals surface area contributed by atoms with E-state index in [1.54, 1.807) is 11.0 Å². The number of ether oxygens (including phenoxy) is 1. The third-order valence-electron chi connectivity index (χ3n) is 6.86. The van der Waals surface area contributed by atoms with Crippen molar-refractivity contribution in [3.63, 3.8) is 0 Å². The molecule has 2 saturated heterocycles. The quantitative estimate of drug-likeness (QED) is 0.115. The molecular weight excluding hydrogens is 584 g/mol. The summed E-state index contributed by atoms with van der Waals surface area (Å²) in [5, 5.41) is 25.7. The lowest BCUT2D eigenvalue weighted by molar-refractivity contribution is -0.150. The highest BCUT2D eigenvalue weighted by Crippen LogP contribution is 2.42. The fourth-order valence-electron chi connectivity index (χ4n) is 4.94. The van der Waals surface area contributed by atoms with Gasteiger partial charge in [-0.3, -0.25) is 19.3 Å². The number of nitrogen functional groups attached to an aromatic ring is 1. The lowest BCUT2D eigenvalue weighted by atomic mass is 10.0. The van der Waals surface area contributed by atoms with Gasteiger partial charge in [-0.25, -0.2) is 9.78 Å². The van der Waals surface area contributed by atoms with Gasteiger partial charge in [0.05, 0.1) is 0 Å². The van der Waals surface area contributed by atoms with Crippen LogP contribution in [0.1, 0.15) is 18.5 Å². The maximum Gasteiger partial charge on any atom is 0.352 e. The Bertz CT molecular complexity index is 1420. The number of allylic oxidation sites excluding steroid dienone is 3. The molecule has 5 rings (SSSR count). The normalized spacial score (nSPS) is 27.0. The fourth-order valence-corrected chi connectivity index (χ4v) is 6.80. The number of thiazole rings is 1. The molecule has 16 heteroatoms. The van der Waals surface area contributed by atoms with E-state index in [0.717, 1.165) is 16.2 Å². The van der Waals surface area contributed by atoms with Crippen LogP contribution in [-0.4, -0.2) is 91.0 Å². The fraction of sp³-hybridized carbons (Fsp3) is 0.333. The first-order chi connectivity index (χ1) is 18.7. The second-order valence-corrected chi connectivity index (χ2v) is 11.0. The Hall–Kier alpha value is -3.66. The van der Waals surface area contributed by atoms with Crippen LogP contribution in [0.5, 0.6) is 0 Å². The van der Waals surface area contributed by atoms with E-state index in [4.69, 9.17) is 10.5 Å². The van der Waals surface area contributed by atoms with Crippen LogP contribution in [0.4, 0.5) is 5.13 Å². The first-order valence-corrected chi connectivity index (χ1v) is 13.7. The van der Waals surface area contributed by atoms with Gasteiger partial charge >= 0.3 is 5.97 Å². The number of aromatic nitrogens is 1. The van der Waals surface area contributed by atoms with Crippen LogP contribution >= 0.6 is 35.5 Å². The van der Waals surface area contributed by atoms with E-state index >= 15 is 0 Å². The van der Waals surface area contributed by atoms with Crippen LogP contribution < -0.4 is 11.1 Å². The predicted octanol–water partition coefficient (Wildman–Crippen LogP) is 1.08. The minimum Gasteiger partial charge on any atom is -0.477 e. The summed E-state index contributed by atoms with van der Waals surface area (Å²) in [7, 11) is 1.54. The summed E-state index contributed by atoms with van der Waals surface area (Å²) in [4.78, 5) is 57.9. The van der Waals surface area contributed by atoms with Crippen molar-refractivity contribution in [1.29, 1.82) is 0 Å². The molecule has 1 aromatic rings. The number of oxime groups is 1. The summed E-state index contributed by atoms with van der Waals surface area (Å²) in [6, 6.07) is -1.05. The molecule has 40 heavy (non-hydrogen) atoms. The number of hydrogen-bond donors (Lipinski definition) is 4. The highest BCUT2D eigenvalue weighted by molar-refractivity contribution is 8.00. The number of likely N-dealkylation sites (tertiary alicyclic amines) is 1. The number of fused-ring (bicyclic) bond motifs is 1. The van der Waals surface area contributed by atoms with Crippen molar-refractivity contribution in [2.75, 3.05) is 25.1 Å². The molecule has 0 spiro atoms. The Labute approximate surface area is 242 Å². The average molecular weight is 609 g/mol. The summed E-state index contributed by atoms with van der Waals surface area (Å²) in [6.07, 6.45) is 9.85. The number of β-lactam (4-membered cyclic amide) rings is 1. The summed E-state index contributed by atoms with van der Waals surface area (Å²) in [5.74, 6) is -2.89. The van der Waals surface area contributed by atoms with Gasteiger partial charge in [0.25, 0.3) is 17.7 Å². The van der Waals surface area contributed by atoms with Crippen LogP contribution in [0.3, 0.4) is 0 Å². The molecule has 0 aromatic carbocycles. The van der Waals surface area contributed by atoms with Gasteiger partial charge in [-0.05, 0) is 24.1 Å². The Kier molecular flexibility index (Phi) is 8.39. The van der Waals surface area contributed by atoms with Crippen LogP contribution in [0.15, 0.2) is 57.8 Å². The number of hydrogen-bond acceptors (Lipinski definition) is 11. The Morgan fingerprint density at radius 2 is 2.12 bits per heavy atom. The number of aliphatic carboxylic acids is 1. The zero-order valence-corrected chi connectivity index (χ0v) is 23.4. The summed E-state index contributed by atoms with van der Waals surface area (Å²) < 4.78 is 5.69. The second-order valence-electron chi connectivity index (χ2n) is 8.98. The molecule has 3 unspecified atom stereocenters. The van der Waals surface area contributed by atoms with Crippen LogP contribution in [0.2, 0.25) is 0 Å². The molecular formula is C24H25ClN6O7S2. The minimum atomic E-state index is -1.32. The molecule has 0 bridgehead atoms. The average Bonchev–Trinajstić information content (AvgIpc) is 3.53. The number of thioether (sulfide) groups is 1. The van der Waals surface area contributed by atoms with E-state index in [2.05, 4.69) is 15.5 Å². The van der Waals surface area contributed by atoms with Gasteiger partial charge in [-0.1, -0.05) is 23.4 Å². The SMILES string of the molecule is COC1(N2CCC(=CC3=C(C(=O)O)N4C(=O)C(NC(=O)C(=NO)c5csc(N)n5)C4SC3)C2=O)C=CC=CC1.Cl. The standard InChI is InChI=1S/C24H24N6O7S2.ClH/c1-37-24(6-3-2-4-7-24)29-8-5-12(19(29)32)9-13-10-38-21-16(20(33)30(21)17(13)22(34)35)27-18(31)15(28-36)14-11-39-23(25)26-14;/h2-4,6,9,11,16,21,36H,5,7-8,10H2,1H3,(H2,25,26)(H,27,31)(H,34,35);1H. The highest BCUT2D eigenvalue weighted by atomic mass is 35.5. The number of methoxy groups -OCH3 is 1. The van der Waals surface area contributed by atoms with Crippen molar-refractivity contribution in [2.24, 2.45) is 5.16 Å². The monoisotopic (exact) mass is 608 g/mol. The van der Waals surface area contributed by atoms with E-state index in [1.165, 1.54) is 24.3 Å². The third-order valence-corrected chi connectivity index (χ3v) is 8.84. The number of carboxylic acid groups (broad SMARTS) is 1. The minimum absolute atomic E-state index is 0. The topological polar surface area (TPSA) is 188 Å². The molecule has 1 aliphatic carbocycles. The largest absolute Gasteiger partial charge is 0.477 e. The molecule has 1 aromatic heterocycles. The van der Waals surface area contributed by atoms with Crippen LogP contribution in [0.25, 0.3) is 0 Å². The maximum atomic E-state index is 13.3. The number of nitrogens with zero attached hydrogens (tertiary/aromatic N) is 4. The molecule has 212 valence electrons. The van der Waals surface area contributed by atoms with Crippen molar-refractivity contribution < 1.29 is 34.2 Å². The molecule has 3 aliphatic heterocycles. The molecule has 3 atom stereocenters. The molecule has 3 amide bonds. The highest BCUT2D eigenvalue weighted by Gasteiger charge is 2.54. The van der Waals surface area contributed by atoms with Crippen LogP contribution in [0, 0.1) is 0 Å². The number of anilines is 1. The van der Waals surface area contributed by atoms with Gasteiger partial charge in [-0.15, -0.1) is 35.5 Å². The number of halogens is 1. The van der Waals surface area contributed by atoms with E-state index < -0.39 is 40.6 Å². The molecule has 4 heterocycles. The Balaban J connectivity index is 0.00000370. The molecule has 2 fully saturated rings. The third kappa shape index (κ3) is 4.89. The molecule has 0 saturated carbocycles. The lowest BCUT2D eigenvalue weighted by Crippen LogP contribution is -2.71. The molecule has 4 aliphatic rings. The zero-order valence-electron chi connectivity index (χ0n) is 21.0. The maximum absolute atomic E-state index is 13.3. The predicted molar refractivity (Wildman–Crippen MR) is 149 cm³/mol. The van der Waals surface area contributed by atoms with Crippen molar-refractivity contribution in [2.45, 2.75) is 30.0 Å². The van der Waals surface area contributed by atoms with Gasteiger partial charge < -0.3 is 31.0 Å². The molecule has 5 N–H and O–H groups in total. The summed E-state index contributed by atoms with van der Waals surface area (Å²) >= 11 is 2.30. The summed E-state index contributed by atoms with van der Waals surface area (Å²) in [6.45, 7) is 0.401. The number of carbonyl (C=O) groups is 4. The lowest BCUT2D eigenvalue weighted by Gasteiger charge is -2.49. The number of rotatable bonds is 7. The number of nitrogens with one attached hydrogen (secondary N) is 1. The smallest absolute Gasteiger partial charge is 0.352 e. The molecule has 13 nitrogen and oxygen atoms in total. The van der Waals surface area contributed by atoms with Crippen molar-refractivity contribution >= 4 is 70.0 Å². The van der Waals surface area contributed by atoms with Gasteiger partial charge in [0.15, 0.2) is 16.6 Å². The van der Waals surface area contributed by atoms with Crippen LogP contribution in [-0.2, 0) is 23.9 Å². The summed E-state index contributed by atoms with van der Waals surface area (Å²) in [5.41, 5.74) is 4.81. The van der Waals surface area contributed by atoms with E-state index in [1.807, 2.05) is 24.3 Å². The number of nitrogens with two attached hydrogens (primary N) is 1. The van der Waals surface area contributed by atoms with Gasteiger partial charge in [-0.2, -0.15) is 0 Å². The molecule has 0 radical (unpaired) electrons. The van der Waals surface area contributed by atoms with Gasteiger partial charge in [0.1, 0.15) is 22.8 Å². The number of carboxylic acids is 1. The zero-order chi connectivity index (χ0) is 27.9. The van der Waals surface area contributed by atoms with Gasteiger partial charge in [0.2, 0.25) is 0 Å². The van der Waals surface area contributed by atoms with E-state index in [0.29, 0.717) is 30.5 Å². The Morgan fingerprint density at radius 3 is 2.73 bits per heavy atom. The first-order valence-electron chi connectivity index (χ1n) is 11.8. The van der Waals surface area contributed by atoms with Gasteiger partial charge in [0, 0.05) is 36.8 Å². The number of carbonyl (C=O) groups excluding carboxylic acids is 3. The first kappa shape index (κ1) is 29.3.